The van der Waals surface area contributed by atoms with E-state index in [0.717, 1.165) is 0 Å². The molecule has 0 unspecified atom stereocenters. The number of benzene rings is 1. The molecule has 8 heteroatoms. The number of rotatable bonds is 5. The number of carbonyl (C=O) groups is 2. The third-order valence-electron chi connectivity index (χ3n) is 2.34. The fourth-order valence-corrected chi connectivity index (χ4v) is 2.18. The molecule has 0 spiro atoms. The number of amides is 1. The van der Waals surface area contributed by atoms with Crippen molar-refractivity contribution in [2.75, 3.05) is 16.8 Å². The van der Waals surface area contributed by atoms with E-state index in [0.29, 0.717) is 16.4 Å². The molecule has 0 saturated carbocycles. The molecule has 0 aliphatic carbocycles. The first-order valence-corrected chi connectivity index (χ1v) is 6.74. The smallest absolute Gasteiger partial charge is 0.221 e. The van der Waals surface area contributed by atoms with E-state index in [-0.39, 0.29) is 23.4 Å². The number of hydrogen-bond donors (Lipinski definition) is 3. The first-order chi connectivity index (χ1) is 9.54. The SMILES string of the molecule is CC(=O)Nc1ccc(C(=O)CSc2n[nH]c(N)n2)cc1. The fourth-order valence-electron chi connectivity index (χ4n) is 1.48. The second-order valence-corrected chi connectivity index (χ2v) is 4.92. The molecule has 0 saturated heterocycles. The van der Waals surface area contributed by atoms with Gasteiger partial charge in [0.25, 0.3) is 0 Å². The molecular formula is C12H13N5O2S. The maximum Gasteiger partial charge on any atom is 0.221 e. The van der Waals surface area contributed by atoms with Crippen molar-refractivity contribution >= 4 is 35.1 Å². The summed E-state index contributed by atoms with van der Waals surface area (Å²) in [6.45, 7) is 1.43. The van der Waals surface area contributed by atoms with E-state index in [9.17, 15) is 9.59 Å². The Kier molecular flexibility index (Phi) is 4.36. The summed E-state index contributed by atoms with van der Waals surface area (Å²) in [7, 11) is 0. The molecule has 104 valence electrons. The van der Waals surface area contributed by atoms with E-state index >= 15 is 0 Å². The van der Waals surface area contributed by atoms with Crippen LogP contribution in [0.4, 0.5) is 11.6 Å². The van der Waals surface area contributed by atoms with Crippen LogP contribution in [-0.2, 0) is 4.79 Å². The lowest BCUT2D eigenvalue weighted by molar-refractivity contribution is -0.114. The number of aromatic nitrogens is 3. The van der Waals surface area contributed by atoms with Crippen LogP contribution in [0.2, 0.25) is 0 Å². The molecule has 1 aromatic carbocycles. The van der Waals surface area contributed by atoms with Gasteiger partial charge in [-0.1, -0.05) is 11.8 Å². The Balaban J connectivity index is 1.93. The monoisotopic (exact) mass is 291 g/mol. The summed E-state index contributed by atoms with van der Waals surface area (Å²) in [6, 6.07) is 6.70. The Labute approximate surface area is 119 Å². The van der Waals surface area contributed by atoms with Gasteiger partial charge in [-0.15, -0.1) is 5.10 Å². The third kappa shape index (κ3) is 3.82. The zero-order chi connectivity index (χ0) is 14.5. The van der Waals surface area contributed by atoms with Crippen LogP contribution in [0.3, 0.4) is 0 Å². The van der Waals surface area contributed by atoms with Gasteiger partial charge in [0, 0.05) is 18.2 Å². The van der Waals surface area contributed by atoms with Crippen molar-refractivity contribution in [3.8, 4) is 0 Å². The second-order valence-electron chi connectivity index (χ2n) is 3.97. The number of carbonyl (C=O) groups excluding carboxylic acids is 2. The summed E-state index contributed by atoms with van der Waals surface area (Å²) in [5.74, 6) is 0.241. The maximum atomic E-state index is 12.0. The minimum atomic E-state index is -0.151. The molecule has 0 bridgehead atoms. The van der Waals surface area contributed by atoms with Crippen LogP contribution >= 0.6 is 11.8 Å². The highest BCUT2D eigenvalue weighted by molar-refractivity contribution is 7.99. The number of nitrogens with two attached hydrogens (primary N) is 1. The van der Waals surface area contributed by atoms with Crippen LogP contribution in [0.1, 0.15) is 17.3 Å². The highest BCUT2D eigenvalue weighted by Gasteiger charge is 2.09. The lowest BCUT2D eigenvalue weighted by atomic mass is 10.1. The predicted octanol–water partition coefficient (Wildman–Crippen LogP) is 1.32. The van der Waals surface area contributed by atoms with Crippen LogP contribution in [0.25, 0.3) is 0 Å². The van der Waals surface area contributed by atoms with E-state index in [2.05, 4.69) is 20.5 Å². The molecule has 0 fully saturated rings. The van der Waals surface area contributed by atoms with Gasteiger partial charge < -0.3 is 11.1 Å². The molecule has 0 aliphatic rings. The van der Waals surface area contributed by atoms with Crippen molar-refractivity contribution in [1.29, 1.82) is 0 Å². The number of anilines is 2. The standard InChI is InChI=1S/C12H13N5O2S/c1-7(18)14-9-4-2-8(3-5-9)10(19)6-20-12-15-11(13)16-17-12/h2-5H,6H2,1H3,(H,14,18)(H3,13,15,16,17). The number of nitrogens with one attached hydrogen (secondary N) is 2. The van der Waals surface area contributed by atoms with E-state index < -0.39 is 0 Å². The molecule has 2 aromatic rings. The van der Waals surface area contributed by atoms with E-state index in [4.69, 9.17) is 5.73 Å². The normalized spacial score (nSPS) is 10.2. The Morgan fingerprint density at radius 3 is 2.60 bits per heavy atom. The quantitative estimate of drug-likeness (QED) is 0.565. The van der Waals surface area contributed by atoms with Crippen LogP contribution in [0, 0.1) is 0 Å². The van der Waals surface area contributed by atoms with Crippen LogP contribution in [-0.4, -0.2) is 32.6 Å². The van der Waals surface area contributed by atoms with Gasteiger partial charge >= 0.3 is 0 Å². The minimum Gasteiger partial charge on any atom is -0.368 e. The van der Waals surface area contributed by atoms with Crippen molar-refractivity contribution in [2.45, 2.75) is 12.1 Å². The van der Waals surface area contributed by atoms with Gasteiger partial charge in [0.1, 0.15) is 0 Å². The van der Waals surface area contributed by atoms with Crippen molar-refractivity contribution < 1.29 is 9.59 Å². The summed E-state index contributed by atoms with van der Waals surface area (Å²) < 4.78 is 0. The molecule has 7 nitrogen and oxygen atoms in total. The Bertz CT molecular complexity index is 623. The van der Waals surface area contributed by atoms with Gasteiger partial charge in [0.2, 0.25) is 17.0 Å². The van der Waals surface area contributed by atoms with Gasteiger partial charge in [-0.3, -0.25) is 9.59 Å². The Morgan fingerprint density at radius 1 is 1.35 bits per heavy atom. The van der Waals surface area contributed by atoms with Crippen LogP contribution in [0.5, 0.6) is 0 Å². The number of nitrogen functional groups attached to an aromatic ring is 1. The number of Topliss-reactive ketones (excluding diaryl/α,β-unsaturated/α-hetero) is 1. The van der Waals surface area contributed by atoms with Crippen molar-refractivity contribution in [1.82, 2.24) is 15.2 Å². The van der Waals surface area contributed by atoms with Gasteiger partial charge in [-0.25, -0.2) is 5.10 Å². The first kappa shape index (κ1) is 14.1. The molecule has 0 atom stereocenters. The molecule has 0 aliphatic heterocycles. The fraction of sp³-hybridized carbons (Fsp3) is 0.167. The molecule has 2 rings (SSSR count). The number of nitrogens with zero attached hydrogens (tertiary/aromatic N) is 2. The number of ketones is 1. The van der Waals surface area contributed by atoms with Crippen LogP contribution in [0.15, 0.2) is 29.4 Å². The van der Waals surface area contributed by atoms with E-state index in [1.165, 1.54) is 18.7 Å². The van der Waals surface area contributed by atoms with Gasteiger partial charge in [-0.2, -0.15) is 4.98 Å². The molecule has 1 amide bonds. The van der Waals surface area contributed by atoms with E-state index in [1.807, 2.05) is 0 Å². The first-order valence-electron chi connectivity index (χ1n) is 5.76. The Hall–Kier alpha value is -2.35. The molecule has 1 heterocycles. The largest absolute Gasteiger partial charge is 0.368 e. The zero-order valence-electron chi connectivity index (χ0n) is 10.7. The molecule has 4 N–H and O–H groups in total. The average molecular weight is 291 g/mol. The number of thioether (sulfide) groups is 1. The number of aromatic amines is 1. The lowest BCUT2D eigenvalue weighted by Gasteiger charge is -2.03. The average Bonchev–Trinajstić information content (AvgIpc) is 2.82. The molecule has 20 heavy (non-hydrogen) atoms. The molecule has 0 radical (unpaired) electrons. The Morgan fingerprint density at radius 2 is 2.05 bits per heavy atom. The van der Waals surface area contributed by atoms with Gasteiger partial charge in [-0.05, 0) is 24.3 Å². The highest BCUT2D eigenvalue weighted by Crippen LogP contribution is 2.16. The number of hydrogen-bond acceptors (Lipinski definition) is 6. The zero-order valence-corrected chi connectivity index (χ0v) is 11.5. The number of H-pyrrole nitrogens is 1. The topological polar surface area (TPSA) is 114 Å². The third-order valence-corrected chi connectivity index (χ3v) is 3.19. The maximum absolute atomic E-state index is 12.0. The summed E-state index contributed by atoms with van der Waals surface area (Å²) >= 11 is 1.21. The predicted molar refractivity (Wildman–Crippen MR) is 76.6 cm³/mol. The van der Waals surface area contributed by atoms with Crippen molar-refractivity contribution in [3.05, 3.63) is 29.8 Å². The summed E-state index contributed by atoms with van der Waals surface area (Å²) in [4.78, 5) is 26.7. The highest BCUT2D eigenvalue weighted by atomic mass is 32.2. The molecule has 1 aromatic heterocycles. The minimum absolute atomic E-state index is 0.0484. The molecular weight excluding hydrogens is 278 g/mol. The van der Waals surface area contributed by atoms with Crippen molar-refractivity contribution in [3.63, 3.8) is 0 Å². The van der Waals surface area contributed by atoms with Crippen molar-refractivity contribution in [2.24, 2.45) is 0 Å². The summed E-state index contributed by atoms with van der Waals surface area (Å²) in [5.41, 5.74) is 6.61. The lowest BCUT2D eigenvalue weighted by Crippen LogP contribution is -2.07. The summed E-state index contributed by atoms with van der Waals surface area (Å²) in [6.07, 6.45) is 0. The van der Waals surface area contributed by atoms with Crippen LogP contribution < -0.4 is 11.1 Å². The summed E-state index contributed by atoms with van der Waals surface area (Å²) in [5, 5.41) is 9.41. The van der Waals surface area contributed by atoms with E-state index in [1.54, 1.807) is 24.3 Å². The van der Waals surface area contributed by atoms with Gasteiger partial charge in [0.15, 0.2) is 5.78 Å². The second kappa shape index (κ2) is 6.20. The van der Waals surface area contributed by atoms with Gasteiger partial charge in [0.05, 0.1) is 5.75 Å².